The quantitative estimate of drug-likeness (QED) is 0.539. The van der Waals surface area contributed by atoms with E-state index in [9.17, 15) is 13.2 Å². The molecule has 1 aromatic rings. The van der Waals surface area contributed by atoms with Crippen LogP contribution in [0.15, 0.2) is 29.2 Å². The van der Waals surface area contributed by atoms with Crippen LogP contribution in [0.5, 0.6) is 0 Å². The van der Waals surface area contributed by atoms with Gasteiger partial charge in [0.15, 0.2) is 0 Å². The molecule has 0 aliphatic heterocycles. The Labute approximate surface area is 99.7 Å². The molecule has 0 saturated carbocycles. The molecule has 2 radical (unpaired) electrons. The Morgan fingerprint density at radius 3 is 2.29 bits per heavy atom. The van der Waals surface area contributed by atoms with Crippen molar-refractivity contribution in [1.82, 2.24) is 4.72 Å². The number of carbonyl (C=O) groups is 1. The van der Waals surface area contributed by atoms with Crippen LogP contribution in [0.3, 0.4) is 0 Å². The highest BCUT2D eigenvalue weighted by Crippen LogP contribution is 2.07. The van der Waals surface area contributed by atoms with Gasteiger partial charge in [-0.25, -0.2) is 8.42 Å². The van der Waals surface area contributed by atoms with Crippen molar-refractivity contribution in [2.75, 3.05) is 6.61 Å². The van der Waals surface area contributed by atoms with Gasteiger partial charge < -0.3 is 10.2 Å². The number of aliphatic hydroxyl groups excluding tert-OH is 1. The van der Waals surface area contributed by atoms with Crippen LogP contribution in [0.4, 0.5) is 0 Å². The summed E-state index contributed by atoms with van der Waals surface area (Å²) in [7, 11) is 1.42. The van der Waals surface area contributed by atoms with Gasteiger partial charge in [0, 0.05) is 0 Å². The van der Waals surface area contributed by atoms with Crippen LogP contribution >= 0.6 is 0 Å². The average molecular weight is 255 g/mol. The summed E-state index contributed by atoms with van der Waals surface area (Å²) in [5.74, 6) is -1.45. The molecule has 3 N–H and O–H groups in total. The number of hydrogen-bond acceptors (Lipinski definition) is 4. The third-order valence-corrected chi connectivity index (χ3v) is 3.46. The van der Waals surface area contributed by atoms with Crippen molar-refractivity contribution < 1.29 is 23.4 Å². The lowest BCUT2D eigenvalue weighted by Crippen LogP contribution is -2.43. The van der Waals surface area contributed by atoms with E-state index >= 15 is 0 Å². The Hall–Kier alpha value is -1.38. The zero-order chi connectivity index (χ0) is 13.1. The van der Waals surface area contributed by atoms with E-state index in [1.54, 1.807) is 0 Å². The standard InChI is InChI=1S/C9H10BNO5S/c10-6-1-3-7(4-2-6)17(15,16)11-8(5-12)9(13)14/h1-4,8,11-12H,5H2,(H,13,14). The molecule has 17 heavy (non-hydrogen) atoms. The number of carboxylic acid groups (broad SMARTS) is 1. The highest BCUT2D eigenvalue weighted by molar-refractivity contribution is 7.89. The SMILES string of the molecule is [B]c1ccc(S(=O)(=O)NC(CO)C(=O)O)cc1. The maximum absolute atomic E-state index is 11.7. The van der Waals surface area contributed by atoms with E-state index in [4.69, 9.17) is 18.1 Å². The topological polar surface area (TPSA) is 104 Å². The Bertz CT molecular complexity index is 499. The molecule has 90 valence electrons. The van der Waals surface area contributed by atoms with E-state index in [0.717, 1.165) is 0 Å². The first-order valence-electron chi connectivity index (χ1n) is 4.58. The molecular formula is C9H10BNO5S. The molecule has 0 spiro atoms. The van der Waals surface area contributed by atoms with Crippen LogP contribution in [-0.4, -0.2) is 45.1 Å². The van der Waals surface area contributed by atoms with Gasteiger partial charge in [0.2, 0.25) is 10.0 Å². The second-order valence-electron chi connectivity index (χ2n) is 3.26. The fourth-order valence-electron chi connectivity index (χ4n) is 1.07. The highest BCUT2D eigenvalue weighted by Gasteiger charge is 2.24. The monoisotopic (exact) mass is 255 g/mol. The summed E-state index contributed by atoms with van der Waals surface area (Å²) in [6.07, 6.45) is 0. The summed E-state index contributed by atoms with van der Waals surface area (Å²) in [6.45, 7) is -0.830. The molecule has 0 aromatic heterocycles. The van der Waals surface area contributed by atoms with E-state index in [0.29, 0.717) is 5.46 Å². The molecular weight excluding hydrogens is 245 g/mol. The van der Waals surface area contributed by atoms with Crippen molar-refractivity contribution in [2.45, 2.75) is 10.9 Å². The van der Waals surface area contributed by atoms with Crippen molar-refractivity contribution >= 4 is 29.3 Å². The molecule has 1 aromatic carbocycles. The number of nitrogens with one attached hydrogen (secondary N) is 1. The summed E-state index contributed by atoms with van der Waals surface area (Å²) < 4.78 is 25.2. The van der Waals surface area contributed by atoms with Gasteiger partial charge in [-0.05, 0) is 12.1 Å². The maximum Gasteiger partial charge on any atom is 0.324 e. The zero-order valence-electron chi connectivity index (χ0n) is 8.70. The van der Waals surface area contributed by atoms with Crippen LogP contribution in [0, 0.1) is 0 Å². The number of aliphatic hydroxyl groups is 1. The average Bonchev–Trinajstić information content (AvgIpc) is 2.26. The normalized spacial score (nSPS) is 13.2. The van der Waals surface area contributed by atoms with E-state index in [1.165, 1.54) is 24.3 Å². The minimum atomic E-state index is -3.98. The Morgan fingerprint density at radius 1 is 1.35 bits per heavy atom. The summed E-state index contributed by atoms with van der Waals surface area (Å²) >= 11 is 0. The predicted octanol–water partition coefficient (Wildman–Crippen LogP) is -1.80. The second kappa shape index (κ2) is 5.30. The van der Waals surface area contributed by atoms with Gasteiger partial charge in [-0.2, -0.15) is 4.72 Å². The Balaban J connectivity index is 2.96. The van der Waals surface area contributed by atoms with Crippen molar-refractivity contribution in [2.24, 2.45) is 0 Å². The molecule has 1 rings (SSSR count). The third kappa shape index (κ3) is 3.55. The first-order chi connectivity index (χ1) is 7.86. The van der Waals surface area contributed by atoms with Crippen LogP contribution in [0.25, 0.3) is 0 Å². The van der Waals surface area contributed by atoms with Crippen LogP contribution in [-0.2, 0) is 14.8 Å². The van der Waals surface area contributed by atoms with Crippen LogP contribution < -0.4 is 10.2 Å². The molecule has 6 nitrogen and oxygen atoms in total. The molecule has 1 atom stereocenters. The predicted molar refractivity (Wildman–Crippen MR) is 60.7 cm³/mol. The summed E-state index contributed by atoms with van der Waals surface area (Å²) in [5.41, 5.74) is 0.390. The number of benzene rings is 1. The lowest BCUT2D eigenvalue weighted by atomic mass is 9.97. The Kier molecular flexibility index (Phi) is 4.27. The smallest absolute Gasteiger partial charge is 0.324 e. The van der Waals surface area contributed by atoms with Crippen LogP contribution in [0.1, 0.15) is 0 Å². The van der Waals surface area contributed by atoms with E-state index in [1.807, 2.05) is 4.72 Å². The zero-order valence-corrected chi connectivity index (χ0v) is 9.52. The first-order valence-corrected chi connectivity index (χ1v) is 6.06. The molecule has 0 aliphatic rings. The van der Waals surface area contributed by atoms with Gasteiger partial charge in [0.05, 0.1) is 11.5 Å². The fraction of sp³-hybridized carbons (Fsp3) is 0.222. The van der Waals surface area contributed by atoms with Gasteiger partial charge in [-0.15, -0.1) is 0 Å². The second-order valence-corrected chi connectivity index (χ2v) is 4.98. The summed E-state index contributed by atoms with van der Waals surface area (Å²) in [5, 5.41) is 17.3. The number of hydrogen-bond donors (Lipinski definition) is 3. The van der Waals surface area contributed by atoms with E-state index in [2.05, 4.69) is 0 Å². The molecule has 0 saturated heterocycles. The number of carboxylic acids is 1. The van der Waals surface area contributed by atoms with Crippen molar-refractivity contribution in [1.29, 1.82) is 0 Å². The van der Waals surface area contributed by atoms with Crippen molar-refractivity contribution in [3.63, 3.8) is 0 Å². The molecule has 8 heteroatoms. The molecule has 1 unspecified atom stereocenters. The highest BCUT2D eigenvalue weighted by atomic mass is 32.2. The fourth-order valence-corrected chi connectivity index (χ4v) is 2.25. The van der Waals surface area contributed by atoms with Gasteiger partial charge in [-0.3, -0.25) is 4.79 Å². The van der Waals surface area contributed by atoms with Gasteiger partial charge >= 0.3 is 5.97 Å². The summed E-state index contributed by atoms with van der Waals surface area (Å²) in [4.78, 5) is 10.5. The van der Waals surface area contributed by atoms with Gasteiger partial charge in [0.25, 0.3) is 0 Å². The third-order valence-electron chi connectivity index (χ3n) is 1.97. The minimum absolute atomic E-state index is 0.119. The van der Waals surface area contributed by atoms with Crippen molar-refractivity contribution in [3.05, 3.63) is 24.3 Å². The van der Waals surface area contributed by atoms with Crippen molar-refractivity contribution in [3.8, 4) is 0 Å². The lowest BCUT2D eigenvalue weighted by molar-refractivity contribution is -0.139. The van der Waals surface area contributed by atoms with E-state index < -0.39 is 28.6 Å². The molecule has 0 amide bonds. The first kappa shape index (κ1) is 13.7. The molecule has 0 fully saturated rings. The minimum Gasteiger partial charge on any atom is -0.480 e. The summed E-state index contributed by atoms with van der Waals surface area (Å²) in [6, 6.07) is 3.67. The van der Waals surface area contributed by atoms with E-state index in [-0.39, 0.29) is 4.90 Å². The van der Waals surface area contributed by atoms with Gasteiger partial charge in [-0.1, -0.05) is 17.6 Å². The Morgan fingerprint density at radius 2 is 1.88 bits per heavy atom. The largest absolute Gasteiger partial charge is 0.480 e. The number of sulfonamides is 1. The van der Waals surface area contributed by atoms with Crippen LogP contribution in [0.2, 0.25) is 0 Å². The molecule has 0 heterocycles. The lowest BCUT2D eigenvalue weighted by Gasteiger charge is -2.12. The maximum atomic E-state index is 11.7. The molecule has 0 bridgehead atoms. The molecule has 0 aliphatic carbocycles. The van der Waals surface area contributed by atoms with Gasteiger partial charge in [0.1, 0.15) is 13.9 Å². The number of aliphatic carboxylic acids is 1. The number of rotatable bonds is 5.